The zero-order chi connectivity index (χ0) is 41.6. The average molecular weight is 803 g/mol. The average Bonchev–Trinajstić information content (AvgIpc) is 3.20. The molecule has 1 rings (SSSR count). The molecule has 5 N–H and O–H groups in total. The van der Waals surface area contributed by atoms with Gasteiger partial charge >= 0.3 is 24.0 Å². The number of ether oxygens (including phenoxy) is 4. The van der Waals surface area contributed by atoms with E-state index in [1.807, 2.05) is 30.3 Å². The summed E-state index contributed by atoms with van der Waals surface area (Å²) in [5.74, 6) is -1.66. The predicted octanol–water partition coefficient (Wildman–Crippen LogP) is 9.74. The molecule has 12 nitrogen and oxygen atoms in total. The van der Waals surface area contributed by atoms with Gasteiger partial charge in [-0.3, -0.25) is 14.6 Å². The summed E-state index contributed by atoms with van der Waals surface area (Å²) in [6.45, 7) is 4.13. The van der Waals surface area contributed by atoms with E-state index in [2.05, 4.69) is 24.2 Å². The van der Waals surface area contributed by atoms with Crippen LogP contribution in [0.3, 0.4) is 0 Å². The molecule has 1 aromatic rings. The number of esters is 3. The Morgan fingerprint density at radius 2 is 1.07 bits per heavy atom. The summed E-state index contributed by atoms with van der Waals surface area (Å²) in [7, 11) is 0. The van der Waals surface area contributed by atoms with E-state index in [9.17, 15) is 19.2 Å². The lowest BCUT2D eigenvalue weighted by atomic mass is 10.1. The molecule has 1 amide bonds. The van der Waals surface area contributed by atoms with Gasteiger partial charge in [-0.2, -0.15) is 0 Å². The number of carbonyl (C=O) groups excluding carboxylic acids is 4. The highest BCUT2D eigenvalue weighted by molar-refractivity contribution is 5.81. The van der Waals surface area contributed by atoms with Gasteiger partial charge in [-0.25, -0.2) is 9.59 Å². The number of rotatable bonds is 37. The fourth-order valence-corrected chi connectivity index (χ4v) is 6.42. The van der Waals surface area contributed by atoms with Gasteiger partial charge in [0.15, 0.2) is 12.1 Å². The number of carbonyl (C=O) groups is 4. The van der Waals surface area contributed by atoms with Crippen LogP contribution >= 0.6 is 0 Å². The molecule has 0 bridgehead atoms. The number of aliphatic imine (C=N–C) groups is 1. The molecule has 326 valence electrons. The predicted molar refractivity (Wildman–Crippen MR) is 227 cm³/mol. The number of alkyl carbamates (subject to hydrolysis) is 1. The zero-order valence-electron chi connectivity index (χ0n) is 35.6. The summed E-state index contributed by atoms with van der Waals surface area (Å²) in [6.07, 6.45) is 24.9. The molecule has 0 saturated heterocycles. The Balaban J connectivity index is 2.66. The van der Waals surface area contributed by atoms with Gasteiger partial charge in [-0.15, -0.1) is 0 Å². The first-order valence-corrected chi connectivity index (χ1v) is 22.3. The molecule has 0 radical (unpaired) electrons. The minimum Gasteiger partial charge on any atom is -0.462 e. The number of amides is 1. The Morgan fingerprint density at radius 3 is 1.58 bits per heavy atom. The fraction of sp³-hybridized carbons (Fsp3) is 0.756. The highest BCUT2D eigenvalue weighted by Gasteiger charge is 2.26. The molecule has 0 aliphatic rings. The molecule has 0 aromatic heterocycles. The molecular formula is C45H78N4O8. The Morgan fingerprint density at radius 1 is 0.596 bits per heavy atom. The molecule has 0 heterocycles. The summed E-state index contributed by atoms with van der Waals surface area (Å²) in [5, 5.41) is 2.57. The number of hydrogen-bond donors (Lipinski definition) is 3. The zero-order valence-corrected chi connectivity index (χ0v) is 35.6. The smallest absolute Gasteiger partial charge is 0.408 e. The van der Waals surface area contributed by atoms with Crippen molar-refractivity contribution in [3.63, 3.8) is 0 Å². The van der Waals surface area contributed by atoms with E-state index in [1.165, 1.54) is 96.3 Å². The van der Waals surface area contributed by atoms with Gasteiger partial charge in [0.25, 0.3) is 0 Å². The molecule has 0 saturated carbocycles. The number of nitrogens with one attached hydrogen (secondary N) is 1. The van der Waals surface area contributed by atoms with Crippen LogP contribution in [0.4, 0.5) is 4.79 Å². The third kappa shape index (κ3) is 31.9. The number of hydrogen-bond acceptors (Lipinski definition) is 9. The first-order valence-electron chi connectivity index (χ1n) is 22.3. The van der Waals surface area contributed by atoms with Crippen LogP contribution in [0.1, 0.15) is 186 Å². The number of unbranched alkanes of at least 4 members (excludes halogenated alkanes) is 20. The first-order chi connectivity index (χ1) is 27.7. The fourth-order valence-electron chi connectivity index (χ4n) is 6.42. The van der Waals surface area contributed by atoms with Crippen LogP contribution in [0, 0.1) is 0 Å². The van der Waals surface area contributed by atoms with Crippen LogP contribution in [-0.4, -0.2) is 61.9 Å². The Labute approximate surface area is 344 Å². The maximum Gasteiger partial charge on any atom is 0.408 e. The lowest BCUT2D eigenvalue weighted by molar-refractivity contribution is -0.167. The third-order valence-corrected chi connectivity index (χ3v) is 9.84. The van der Waals surface area contributed by atoms with E-state index in [4.69, 9.17) is 30.4 Å². The Kier molecular flexibility index (Phi) is 32.8. The molecule has 0 aliphatic carbocycles. The van der Waals surface area contributed by atoms with Crippen LogP contribution in [0.2, 0.25) is 0 Å². The van der Waals surface area contributed by atoms with Crippen molar-refractivity contribution < 1.29 is 38.1 Å². The number of guanidine groups is 1. The summed E-state index contributed by atoms with van der Waals surface area (Å²) < 4.78 is 22.1. The van der Waals surface area contributed by atoms with Crippen LogP contribution < -0.4 is 16.8 Å². The van der Waals surface area contributed by atoms with E-state index in [-0.39, 0.29) is 57.6 Å². The van der Waals surface area contributed by atoms with Gasteiger partial charge in [0.05, 0.1) is 0 Å². The summed E-state index contributed by atoms with van der Waals surface area (Å²) in [6, 6.07) is 8.07. The van der Waals surface area contributed by atoms with Crippen molar-refractivity contribution in [3.8, 4) is 0 Å². The number of nitrogens with zero attached hydrogens (tertiary/aromatic N) is 1. The van der Waals surface area contributed by atoms with E-state index in [0.29, 0.717) is 12.8 Å². The molecule has 0 fully saturated rings. The topological polar surface area (TPSA) is 182 Å². The van der Waals surface area contributed by atoms with E-state index in [0.717, 1.165) is 44.1 Å². The molecule has 0 spiro atoms. The second-order valence-corrected chi connectivity index (χ2v) is 15.2. The summed E-state index contributed by atoms with van der Waals surface area (Å²) >= 11 is 0. The van der Waals surface area contributed by atoms with Crippen molar-refractivity contribution in [2.45, 2.75) is 200 Å². The second kappa shape index (κ2) is 36.5. The highest BCUT2D eigenvalue weighted by Crippen LogP contribution is 2.15. The lowest BCUT2D eigenvalue weighted by Crippen LogP contribution is -2.43. The molecule has 57 heavy (non-hydrogen) atoms. The molecule has 1 aromatic carbocycles. The van der Waals surface area contributed by atoms with Gasteiger partial charge in [-0.05, 0) is 31.2 Å². The SMILES string of the molecule is CCCCCCCCCCCCCC(=O)OC[C@H](COC(=O)[C@H](CCCN=C(N)N)NC(=O)OCc1ccccc1)OC(=O)CCCCCCCCCCCCC. The van der Waals surface area contributed by atoms with Crippen LogP contribution in [-0.2, 0) is 39.9 Å². The maximum atomic E-state index is 13.3. The Bertz CT molecular complexity index is 1200. The minimum absolute atomic E-state index is 0.0180. The van der Waals surface area contributed by atoms with Crippen molar-refractivity contribution in [1.29, 1.82) is 0 Å². The summed E-state index contributed by atoms with van der Waals surface area (Å²) in [4.78, 5) is 55.4. The van der Waals surface area contributed by atoms with Crippen LogP contribution in [0.5, 0.6) is 0 Å². The summed E-state index contributed by atoms with van der Waals surface area (Å²) in [5.41, 5.74) is 11.7. The normalized spacial score (nSPS) is 12.0. The molecule has 0 unspecified atom stereocenters. The van der Waals surface area contributed by atoms with Crippen LogP contribution in [0.25, 0.3) is 0 Å². The van der Waals surface area contributed by atoms with E-state index < -0.39 is 30.2 Å². The molecule has 2 atom stereocenters. The molecule has 0 aliphatic heterocycles. The van der Waals surface area contributed by atoms with Crippen molar-refractivity contribution >= 4 is 30.0 Å². The Hall–Kier alpha value is -3.83. The van der Waals surface area contributed by atoms with Crippen LogP contribution in [0.15, 0.2) is 35.3 Å². The van der Waals surface area contributed by atoms with Gasteiger partial charge in [0, 0.05) is 19.4 Å². The minimum atomic E-state index is -1.08. The van der Waals surface area contributed by atoms with Crippen molar-refractivity contribution in [2.75, 3.05) is 19.8 Å². The van der Waals surface area contributed by atoms with E-state index >= 15 is 0 Å². The van der Waals surface area contributed by atoms with Gasteiger partial charge in [-0.1, -0.05) is 173 Å². The van der Waals surface area contributed by atoms with Crippen molar-refractivity contribution in [2.24, 2.45) is 16.5 Å². The number of nitrogens with two attached hydrogens (primary N) is 2. The third-order valence-electron chi connectivity index (χ3n) is 9.84. The highest BCUT2D eigenvalue weighted by atomic mass is 16.6. The maximum absolute atomic E-state index is 13.3. The molecule has 12 heteroatoms. The quantitative estimate of drug-likeness (QED) is 0.0193. The van der Waals surface area contributed by atoms with Gasteiger partial charge in [0.2, 0.25) is 0 Å². The number of benzene rings is 1. The first kappa shape index (κ1) is 51.2. The largest absolute Gasteiger partial charge is 0.462 e. The monoisotopic (exact) mass is 803 g/mol. The van der Waals surface area contributed by atoms with Gasteiger partial charge in [0.1, 0.15) is 25.9 Å². The second-order valence-electron chi connectivity index (χ2n) is 15.2. The van der Waals surface area contributed by atoms with E-state index in [1.54, 1.807) is 0 Å². The van der Waals surface area contributed by atoms with Crippen molar-refractivity contribution in [3.05, 3.63) is 35.9 Å². The van der Waals surface area contributed by atoms with Gasteiger partial charge < -0.3 is 35.7 Å². The van der Waals surface area contributed by atoms with Crippen molar-refractivity contribution in [1.82, 2.24) is 5.32 Å². The molecular weight excluding hydrogens is 725 g/mol. The lowest BCUT2D eigenvalue weighted by Gasteiger charge is -2.21. The standard InChI is InChI=1S/C45H78N4O8/c1-3-5-7-9-11-13-15-17-19-21-26-32-41(50)54-36-39(57-42(51)33-27-22-20-18-16-14-12-10-8-6-4-2)37-55-43(52)40(31-28-34-48-44(46)47)49-45(53)56-35-38-29-24-23-25-30-38/h23-25,29-30,39-40H,3-22,26-28,31-37H2,1-2H3,(H,49,53)(H4,46,47,48)/t39-,40+/m1/s1.